The zero-order chi connectivity index (χ0) is 18.5. The summed E-state index contributed by atoms with van der Waals surface area (Å²) in [4.78, 5) is 48.5. The second-order valence-electron chi connectivity index (χ2n) is 5.27. The number of nitrogens with one attached hydrogen (secondary N) is 2. The van der Waals surface area contributed by atoms with Gasteiger partial charge in [-0.15, -0.1) is 0 Å². The van der Waals surface area contributed by atoms with Gasteiger partial charge in [0.1, 0.15) is 0 Å². The van der Waals surface area contributed by atoms with E-state index in [2.05, 4.69) is 10.6 Å². The number of nitrogens with zero attached hydrogens (tertiary/aromatic N) is 2. The van der Waals surface area contributed by atoms with Crippen LogP contribution in [0.5, 0.6) is 0 Å². The summed E-state index contributed by atoms with van der Waals surface area (Å²) in [6.45, 7) is 2.94. The Morgan fingerprint density at radius 2 is 1.25 bits per heavy atom. The molecule has 0 bridgehead atoms. The van der Waals surface area contributed by atoms with E-state index in [0.29, 0.717) is 6.54 Å². The van der Waals surface area contributed by atoms with E-state index in [1.807, 2.05) is 6.92 Å². The van der Waals surface area contributed by atoms with Crippen molar-refractivity contribution in [1.29, 1.82) is 0 Å². The van der Waals surface area contributed by atoms with Crippen LogP contribution in [-0.4, -0.2) is 89.7 Å². The van der Waals surface area contributed by atoms with Gasteiger partial charge in [-0.3, -0.25) is 48.0 Å². The van der Waals surface area contributed by atoms with Gasteiger partial charge in [0.15, 0.2) is 0 Å². The van der Waals surface area contributed by atoms with Gasteiger partial charge in [0, 0.05) is 23.0 Å². The fourth-order valence-electron chi connectivity index (χ4n) is 2.29. The molecule has 2 fully saturated rings. The first-order chi connectivity index (χ1) is 10.9. The molecule has 4 amide bonds. The molecule has 24 heavy (non-hydrogen) atoms. The number of carbonyl (C=O) groups excluding carboxylic acids is 4. The fourth-order valence-corrected chi connectivity index (χ4v) is 2.29. The van der Waals surface area contributed by atoms with Crippen LogP contribution < -0.4 is 10.6 Å². The Bertz CT molecular complexity index is 594. The van der Waals surface area contributed by atoms with Crippen molar-refractivity contribution in [3.05, 3.63) is 0 Å². The Balaban J connectivity index is 0.000000505. The van der Waals surface area contributed by atoms with Gasteiger partial charge in [-0.1, -0.05) is 0 Å². The molecule has 12 nitrogen and oxygen atoms in total. The molecule has 2 aliphatic heterocycles. The van der Waals surface area contributed by atoms with E-state index in [4.69, 9.17) is 17.5 Å². The van der Waals surface area contributed by atoms with E-state index in [1.54, 1.807) is 9.80 Å². The molecule has 1 unspecified atom stereocenters. The van der Waals surface area contributed by atoms with E-state index in [0.717, 1.165) is 0 Å². The van der Waals surface area contributed by atoms with Gasteiger partial charge in [0.25, 0.3) is 0 Å². The molecule has 2 aliphatic rings. The van der Waals surface area contributed by atoms with Crippen LogP contribution in [0.25, 0.3) is 0 Å². The number of carbonyl (C=O) groups is 4. The maximum atomic E-state index is 11.3. The lowest BCUT2D eigenvalue weighted by atomic mass is 10.2. The van der Waals surface area contributed by atoms with E-state index < -0.39 is 10.4 Å². The van der Waals surface area contributed by atoms with Crippen molar-refractivity contribution < 1.29 is 36.7 Å². The summed E-state index contributed by atoms with van der Waals surface area (Å²) in [6, 6.07) is -0.0892. The Morgan fingerprint density at radius 1 is 0.917 bits per heavy atom. The quantitative estimate of drug-likeness (QED) is 0.284. The van der Waals surface area contributed by atoms with Crippen molar-refractivity contribution in [3.63, 3.8) is 0 Å². The maximum Gasteiger partial charge on any atom is 0.240 e. The number of piperazine rings is 2. The molecular formula is C11H16N4O8S-2. The number of hydrogen-bond donors (Lipinski definition) is 2. The van der Waals surface area contributed by atoms with Crippen LogP contribution in [0.4, 0.5) is 0 Å². The highest BCUT2D eigenvalue weighted by Gasteiger charge is 2.29. The predicted molar refractivity (Wildman–Crippen MR) is 74.2 cm³/mol. The third-order valence-corrected chi connectivity index (χ3v) is 3.13. The Kier molecular flexibility index (Phi) is 6.92. The van der Waals surface area contributed by atoms with Crippen LogP contribution in [0, 0.1) is 0 Å². The molecule has 0 aromatic rings. The van der Waals surface area contributed by atoms with Gasteiger partial charge in [0.2, 0.25) is 23.6 Å². The molecular weight excluding hydrogens is 348 g/mol. The van der Waals surface area contributed by atoms with Crippen molar-refractivity contribution in [3.8, 4) is 0 Å². The normalized spacial score (nSPS) is 21.5. The SMILES string of the molecule is CC(CN1CC(=O)NC(=O)C1)N1CC(=O)NC(=O)C1.O=S(=O)([O-])[O-]. The zero-order valence-electron chi connectivity index (χ0n) is 12.7. The van der Waals surface area contributed by atoms with Gasteiger partial charge >= 0.3 is 0 Å². The first kappa shape index (κ1) is 20.1. The Hall–Kier alpha value is -1.93. The van der Waals surface area contributed by atoms with E-state index in [9.17, 15) is 19.2 Å². The highest BCUT2D eigenvalue weighted by Crippen LogP contribution is 2.06. The van der Waals surface area contributed by atoms with Gasteiger partial charge in [-0.2, -0.15) is 0 Å². The van der Waals surface area contributed by atoms with E-state index in [-0.39, 0.29) is 55.8 Å². The van der Waals surface area contributed by atoms with Crippen molar-refractivity contribution in [1.82, 2.24) is 20.4 Å². The van der Waals surface area contributed by atoms with Crippen molar-refractivity contribution >= 4 is 34.0 Å². The van der Waals surface area contributed by atoms with Crippen molar-refractivity contribution in [2.75, 3.05) is 32.7 Å². The molecule has 2 heterocycles. The van der Waals surface area contributed by atoms with Crippen molar-refractivity contribution in [2.45, 2.75) is 13.0 Å². The third kappa shape index (κ3) is 8.07. The standard InChI is InChI=1S/C11H16N4O4.H2O4S/c1-7(15-5-10(18)13-11(19)6-15)2-14-3-8(16)12-9(17)4-14;1-5(2,3)4/h7H,2-6H2,1H3,(H,12,16,17)(H,13,18,19);(H2,1,2,3,4)/p-2. The minimum atomic E-state index is -5.17. The largest absolute Gasteiger partial charge is 0.759 e. The van der Waals surface area contributed by atoms with Crippen LogP contribution in [0.1, 0.15) is 6.92 Å². The number of amides is 4. The summed E-state index contributed by atoms with van der Waals surface area (Å²) >= 11 is 0. The maximum absolute atomic E-state index is 11.3. The molecule has 136 valence electrons. The summed E-state index contributed by atoms with van der Waals surface area (Å²) < 4.78 is 34.1. The fraction of sp³-hybridized carbons (Fsp3) is 0.636. The number of rotatable bonds is 3. The van der Waals surface area contributed by atoms with Crippen LogP contribution in [0.15, 0.2) is 0 Å². The average Bonchev–Trinajstić information content (AvgIpc) is 2.33. The summed E-state index contributed by atoms with van der Waals surface area (Å²) in [5.41, 5.74) is 0. The van der Waals surface area contributed by atoms with Gasteiger partial charge in [-0.25, -0.2) is 0 Å². The van der Waals surface area contributed by atoms with E-state index >= 15 is 0 Å². The van der Waals surface area contributed by atoms with E-state index in [1.165, 1.54) is 0 Å². The molecule has 0 aromatic heterocycles. The molecule has 0 aromatic carbocycles. The zero-order valence-corrected chi connectivity index (χ0v) is 13.5. The average molecular weight is 364 g/mol. The molecule has 0 aliphatic carbocycles. The van der Waals surface area contributed by atoms with Crippen LogP contribution in [0.2, 0.25) is 0 Å². The summed E-state index contributed by atoms with van der Waals surface area (Å²) in [6.07, 6.45) is 0. The lowest BCUT2D eigenvalue weighted by molar-refractivity contribution is -0.140. The van der Waals surface area contributed by atoms with Crippen LogP contribution >= 0.6 is 0 Å². The Labute approximate surface area is 137 Å². The Morgan fingerprint density at radius 3 is 1.62 bits per heavy atom. The highest BCUT2D eigenvalue weighted by molar-refractivity contribution is 7.79. The third-order valence-electron chi connectivity index (χ3n) is 3.13. The monoisotopic (exact) mass is 364 g/mol. The van der Waals surface area contributed by atoms with Crippen LogP contribution in [-0.2, 0) is 29.6 Å². The topological polar surface area (TPSA) is 179 Å². The molecule has 0 spiro atoms. The van der Waals surface area contributed by atoms with Gasteiger partial charge in [0.05, 0.1) is 26.2 Å². The molecule has 0 saturated carbocycles. The summed E-state index contributed by atoms with van der Waals surface area (Å²) in [7, 11) is -5.17. The van der Waals surface area contributed by atoms with Crippen LogP contribution in [0.3, 0.4) is 0 Å². The van der Waals surface area contributed by atoms with Crippen molar-refractivity contribution in [2.24, 2.45) is 0 Å². The molecule has 2 rings (SSSR count). The summed E-state index contributed by atoms with van der Waals surface area (Å²) in [5.74, 6) is -1.29. The second kappa shape index (κ2) is 8.25. The minimum Gasteiger partial charge on any atom is -0.759 e. The molecule has 2 saturated heterocycles. The van der Waals surface area contributed by atoms with Gasteiger partial charge < -0.3 is 9.11 Å². The molecule has 1 atom stereocenters. The highest BCUT2D eigenvalue weighted by atomic mass is 32.3. The lowest BCUT2D eigenvalue weighted by Gasteiger charge is -2.35. The predicted octanol–water partition coefficient (Wildman–Crippen LogP) is -4.05. The summed E-state index contributed by atoms with van der Waals surface area (Å²) in [5, 5.41) is 4.46. The molecule has 2 N–H and O–H groups in total. The van der Waals surface area contributed by atoms with Gasteiger partial charge in [-0.05, 0) is 6.92 Å². The minimum absolute atomic E-state index is 0.0892. The second-order valence-corrected chi connectivity index (χ2v) is 6.09. The number of hydrogen-bond acceptors (Lipinski definition) is 10. The smallest absolute Gasteiger partial charge is 0.240 e. The molecule has 0 radical (unpaired) electrons. The number of imide groups is 2. The first-order valence-electron chi connectivity index (χ1n) is 6.72. The lowest BCUT2D eigenvalue weighted by Crippen LogP contribution is -2.58. The molecule has 13 heteroatoms. The first-order valence-corrected chi connectivity index (χ1v) is 8.06.